The highest BCUT2D eigenvalue weighted by molar-refractivity contribution is 7.11. The second-order valence-corrected chi connectivity index (χ2v) is 4.45. The largest absolute Gasteiger partial charge is 0.246 e. The summed E-state index contributed by atoms with van der Waals surface area (Å²) >= 11 is 1.88. The van der Waals surface area contributed by atoms with Crippen LogP contribution in [0.2, 0.25) is 0 Å². The number of nitrogens with zero attached hydrogens (tertiary/aromatic N) is 1. The summed E-state index contributed by atoms with van der Waals surface area (Å²) in [7, 11) is 0. The van der Waals surface area contributed by atoms with Gasteiger partial charge in [-0.2, -0.15) is 0 Å². The summed E-state index contributed by atoms with van der Waals surface area (Å²) in [6.45, 7) is 8.81. The minimum atomic E-state index is 0.580. The van der Waals surface area contributed by atoms with E-state index in [4.69, 9.17) is 0 Å². The molecule has 0 fully saturated rings. The molecule has 1 aromatic rings. The number of aryl methyl sites for hydroxylation is 2. The summed E-state index contributed by atoms with van der Waals surface area (Å²) in [5.41, 5.74) is 1.32. The van der Waals surface area contributed by atoms with E-state index in [9.17, 15) is 0 Å². The van der Waals surface area contributed by atoms with Crippen LogP contribution in [0.3, 0.4) is 0 Å². The molecule has 0 aliphatic carbocycles. The van der Waals surface area contributed by atoms with Crippen molar-refractivity contribution >= 4 is 11.3 Å². The molecule has 0 saturated carbocycles. The molecule has 0 atom stereocenters. The Morgan fingerprint density at radius 1 is 1.25 bits per heavy atom. The van der Waals surface area contributed by atoms with Gasteiger partial charge in [0.25, 0.3) is 0 Å². The monoisotopic (exact) mass is 183 g/mol. The molecule has 12 heavy (non-hydrogen) atoms. The van der Waals surface area contributed by atoms with E-state index in [1.165, 1.54) is 15.6 Å². The lowest BCUT2D eigenvalue weighted by atomic mass is 10.1. The highest BCUT2D eigenvalue weighted by Gasteiger charge is 2.11. The second kappa shape index (κ2) is 4.04. The van der Waals surface area contributed by atoms with Gasteiger partial charge in [0.05, 0.1) is 10.7 Å². The zero-order chi connectivity index (χ0) is 9.14. The van der Waals surface area contributed by atoms with Crippen molar-refractivity contribution in [1.82, 2.24) is 4.98 Å². The first kappa shape index (κ1) is 9.72. The Morgan fingerprint density at radius 2 is 1.92 bits per heavy atom. The molecule has 0 saturated heterocycles. The lowest BCUT2D eigenvalue weighted by Gasteiger charge is -2.01. The predicted octanol–water partition coefficient (Wildman–Crippen LogP) is 3.39. The van der Waals surface area contributed by atoms with Crippen molar-refractivity contribution in [3.63, 3.8) is 0 Å². The van der Waals surface area contributed by atoms with Crippen LogP contribution in [0.15, 0.2) is 0 Å². The summed E-state index contributed by atoms with van der Waals surface area (Å²) in [4.78, 5) is 6.09. The summed E-state index contributed by atoms with van der Waals surface area (Å²) in [5.74, 6) is 0.580. The Balaban J connectivity index is 3.00. The van der Waals surface area contributed by atoms with Gasteiger partial charge in [-0.15, -0.1) is 11.3 Å². The molecule has 2 heteroatoms. The zero-order valence-corrected chi connectivity index (χ0v) is 9.16. The van der Waals surface area contributed by atoms with Crippen molar-refractivity contribution in [1.29, 1.82) is 0 Å². The highest BCUT2D eigenvalue weighted by Crippen LogP contribution is 2.25. The fourth-order valence-corrected chi connectivity index (χ4v) is 2.37. The lowest BCUT2D eigenvalue weighted by Crippen LogP contribution is -1.92. The molecule has 0 aliphatic heterocycles. The highest BCUT2D eigenvalue weighted by atomic mass is 32.1. The number of hydrogen-bond donors (Lipinski definition) is 0. The Bertz CT molecular complexity index is 250. The van der Waals surface area contributed by atoms with Crippen molar-refractivity contribution in [2.24, 2.45) is 0 Å². The van der Waals surface area contributed by atoms with Crippen LogP contribution in [0, 0.1) is 0 Å². The average molecular weight is 183 g/mol. The van der Waals surface area contributed by atoms with Gasteiger partial charge in [-0.05, 0) is 18.8 Å². The third kappa shape index (κ3) is 1.86. The summed E-state index contributed by atoms with van der Waals surface area (Å²) in [6.07, 6.45) is 2.20. The Morgan fingerprint density at radius 3 is 2.25 bits per heavy atom. The Labute approximate surface area is 78.8 Å². The van der Waals surface area contributed by atoms with Crippen LogP contribution < -0.4 is 0 Å². The van der Waals surface area contributed by atoms with E-state index in [1.807, 2.05) is 11.3 Å². The van der Waals surface area contributed by atoms with Gasteiger partial charge >= 0.3 is 0 Å². The molecular weight excluding hydrogens is 166 g/mol. The van der Waals surface area contributed by atoms with Crippen molar-refractivity contribution in [2.45, 2.75) is 46.5 Å². The molecule has 1 rings (SSSR count). The molecule has 0 bridgehead atoms. The first-order valence-electron chi connectivity index (χ1n) is 4.67. The van der Waals surface area contributed by atoms with Gasteiger partial charge in [0, 0.05) is 4.88 Å². The molecule has 1 aromatic heterocycles. The van der Waals surface area contributed by atoms with E-state index < -0.39 is 0 Å². The molecule has 1 nitrogen and oxygen atoms in total. The lowest BCUT2D eigenvalue weighted by molar-refractivity contribution is 0.808. The Hall–Kier alpha value is -0.370. The molecular formula is C10H17NS. The van der Waals surface area contributed by atoms with Gasteiger partial charge in [-0.3, -0.25) is 0 Å². The first-order valence-corrected chi connectivity index (χ1v) is 5.49. The van der Waals surface area contributed by atoms with E-state index in [0.717, 1.165) is 12.8 Å². The number of aromatic nitrogens is 1. The number of thiazole rings is 1. The van der Waals surface area contributed by atoms with Gasteiger partial charge in [-0.25, -0.2) is 4.98 Å². The van der Waals surface area contributed by atoms with Crippen LogP contribution in [0.1, 0.15) is 49.2 Å². The topological polar surface area (TPSA) is 12.9 Å². The maximum Gasteiger partial charge on any atom is 0.0928 e. The molecule has 0 aromatic carbocycles. The molecule has 0 radical (unpaired) electrons. The van der Waals surface area contributed by atoms with Crippen LogP contribution in [0.4, 0.5) is 0 Å². The molecule has 0 amide bonds. The van der Waals surface area contributed by atoms with Crippen LogP contribution in [0.5, 0.6) is 0 Å². The maximum atomic E-state index is 4.62. The third-order valence-corrected chi connectivity index (χ3v) is 3.30. The predicted molar refractivity (Wildman–Crippen MR) is 55.0 cm³/mol. The zero-order valence-electron chi connectivity index (χ0n) is 8.35. The molecule has 0 unspecified atom stereocenters. The number of rotatable bonds is 3. The van der Waals surface area contributed by atoms with Crippen LogP contribution in [0.25, 0.3) is 0 Å². The Kier molecular flexibility index (Phi) is 3.27. The van der Waals surface area contributed by atoms with Crippen molar-refractivity contribution in [3.05, 3.63) is 15.6 Å². The molecule has 1 heterocycles. The van der Waals surface area contributed by atoms with E-state index >= 15 is 0 Å². The molecule has 68 valence electrons. The van der Waals surface area contributed by atoms with Gasteiger partial charge in [-0.1, -0.05) is 27.7 Å². The van der Waals surface area contributed by atoms with Crippen LogP contribution in [-0.2, 0) is 12.8 Å². The van der Waals surface area contributed by atoms with Crippen molar-refractivity contribution < 1.29 is 0 Å². The van der Waals surface area contributed by atoms with Crippen LogP contribution in [-0.4, -0.2) is 4.98 Å². The first-order chi connectivity index (χ1) is 5.69. The third-order valence-electron chi connectivity index (χ3n) is 1.94. The van der Waals surface area contributed by atoms with Crippen LogP contribution >= 0.6 is 11.3 Å². The van der Waals surface area contributed by atoms with Crippen molar-refractivity contribution in [3.8, 4) is 0 Å². The fraction of sp³-hybridized carbons (Fsp3) is 0.700. The molecule has 0 spiro atoms. The quantitative estimate of drug-likeness (QED) is 0.700. The number of hydrogen-bond acceptors (Lipinski definition) is 2. The van der Waals surface area contributed by atoms with E-state index in [1.54, 1.807) is 0 Å². The average Bonchev–Trinajstić information content (AvgIpc) is 2.47. The van der Waals surface area contributed by atoms with Gasteiger partial charge < -0.3 is 0 Å². The standard InChI is InChI=1S/C10H17NS/c1-5-8-10(7(3)4)11-9(6-2)12-8/h7H,5-6H2,1-4H3. The SMILES string of the molecule is CCc1nc(C(C)C)c(CC)s1. The normalized spacial score (nSPS) is 11.1. The smallest absolute Gasteiger partial charge is 0.0928 e. The summed E-state index contributed by atoms with van der Waals surface area (Å²) in [6, 6.07) is 0. The van der Waals surface area contributed by atoms with E-state index in [0.29, 0.717) is 5.92 Å². The minimum absolute atomic E-state index is 0.580. The maximum absolute atomic E-state index is 4.62. The van der Waals surface area contributed by atoms with Crippen molar-refractivity contribution in [2.75, 3.05) is 0 Å². The fourth-order valence-electron chi connectivity index (χ4n) is 1.27. The molecule has 0 aliphatic rings. The minimum Gasteiger partial charge on any atom is -0.246 e. The summed E-state index contributed by atoms with van der Waals surface area (Å²) < 4.78 is 0. The summed E-state index contributed by atoms with van der Waals surface area (Å²) in [5, 5.41) is 1.29. The second-order valence-electron chi connectivity index (χ2n) is 3.28. The van der Waals surface area contributed by atoms with E-state index in [-0.39, 0.29) is 0 Å². The van der Waals surface area contributed by atoms with Gasteiger partial charge in [0.1, 0.15) is 0 Å². The molecule has 0 N–H and O–H groups in total. The van der Waals surface area contributed by atoms with Gasteiger partial charge in [0.15, 0.2) is 0 Å². The van der Waals surface area contributed by atoms with E-state index in [2.05, 4.69) is 32.7 Å². The van der Waals surface area contributed by atoms with Gasteiger partial charge in [0.2, 0.25) is 0 Å².